The summed E-state index contributed by atoms with van der Waals surface area (Å²) < 4.78 is 10.6. The molecule has 0 atom stereocenters. The van der Waals surface area contributed by atoms with Gasteiger partial charge in [-0.15, -0.1) is 0 Å². The maximum absolute atomic E-state index is 12.1. The van der Waals surface area contributed by atoms with Crippen molar-refractivity contribution >= 4 is 24.0 Å². The molecule has 0 saturated heterocycles. The van der Waals surface area contributed by atoms with Crippen LogP contribution < -0.4 is 15.5 Å². The van der Waals surface area contributed by atoms with Gasteiger partial charge >= 0.3 is 5.97 Å². The molecule has 0 aliphatic carbocycles. The van der Waals surface area contributed by atoms with E-state index in [1.807, 2.05) is 18.2 Å². The fourth-order valence-electron chi connectivity index (χ4n) is 4.16. The van der Waals surface area contributed by atoms with Crippen LogP contribution in [-0.4, -0.2) is 37.7 Å². The Kier molecular flexibility index (Phi) is 16.5. The van der Waals surface area contributed by atoms with Gasteiger partial charge in [-0.2, -0.15) is 5.10 Å². The number of hydrogen-bond donors (Lipinski definition) is 2. The summed E-state index contributed by atoms with van der Waals surface area (Å²) >= 11 is 0. The number of rotatable bonds is 20. The molecule has 40 heavy (non-hydrogen) atoms. The lowest BCUT2D eigenvalue weighted by Gasteiger charge is -2.09. The third kappa shape index (κ3) is 13.9. The number of carbonyl (C=O) groups is 3. The first-order valence-electron chi connectivity index (χ1n) is 14.5. The van der Waals surface area contributed by atoms with Gasteiger partial charge in [0.2, 0.25) is 5.91 Å². The SMILES string of the molecule is CCCCCCCCCCCCCC(=O)NCC(=O)N/N=C/c1ccccc1OCc1ccc(C(=O)OC)cc1. The number of esters is 1. The number of para-hydroxylation sites is 1. The van der Waals surface area contributed by atoms with Crippen LogP contribution in [0.3, 0.4) is 0 Å². The molecule has 8 heteroatoms. The highest BCUT2D eigenvalue weighted by molar-refractivity contribution is 5.89. The number of nitrogens with zero attached hydrogens (tertiary/aromatic N) is 1. The van der Waals surface area contributed by atoms with E-state index in [0.29, 0.717) is 29.9 Å². The van der Waals surface area contributed by atoms with E-state index in [1.165, 1.54) is 64.7 Å². The largest absolute Gasteiger partial charge is 0.488 e. The smallest absolute Gasteiger partial charge is 0.337 e. The third-order valence-electron chi connectivity index (χ3n) is 6.53. The maximum Gasteiger partial charge on any atom is 0.337 e. The van der Waals surface area contributed by atoms with Crippen LogP contribution in [0.25, 0.3) is 0 Å². The van der Waals surface area contributed by atoms with Gasteiger partial charge in [0.15, 0.2) is 0 Å². The van der Waals surface area contributed by atoms with Gasteiger partial charge in [0.1, 0.15) is 12.4 Å². The second kappa shape index (κ2) is 20.3. The van der Waals surface area contributed by atoms with E-state index < -0.39 is 5.91 Å². The topological polar surface area (TPSA) is 106 Å². The summed E-state index contributed by atoms with van der Waals surface area (Å²) in [5, 5.41) is 6.65. The van der Waals surface area contributed by atoms with E-state index in [2.05, 4.69) is 22.8 Å². The van der Waals surface area contributed by atoms with Gasteiger partial charge in [0.25, 0.3) is 5.91 Å². The number of hydrogen-bond acceptors (Lipinski definition) is 6. The lowest BCUT2D eigenvalue weighted by molar-refractivity contribution is -0.126. The lowest BCUT2D eigenvalue weighted by Crippen LogP contribution is -2.34. The summed E-state index contributed by atoms with van der Waals surface area (Å²) in [5.74, 6) is -0.307. The number of hydrazone groups is 1. The Morgan fingerprint density at radius 2 is 1.43 bits per heavy atom. The molecule has 2 aromatic carbocycles. The molecule has 0 saturated carbocycles. The molecule has 2 N–H and O–H groups in total. The van der Waals surface area contributed by atoms with Crippen LogP contribution in [0.2, 0.25) is 0 Å². The van der Waals surface area contributed by atoms with Crippen molar-refractivity contribution in [2.45, 2.75) is 90.6 Å². The zero-order valence-corrected chi connectivity index (χ0v) is 24.1. The highest BCUT2D eigenvalue weighted by atomic mass is 16.5. The Labute approximate surface area is 238 Å². The van der Waals surface area contributed by atoms with Crippen molar-refractivity contribution in [2.24, 2.45) is 5.10 Å². The number of carbonyl (C=O) groups excluding carboxylic acids is 3. The number of amides is 2. The Bertz CT molecular complexity index is 1050. The normalized spacial score (nSPS) is 10.8. The van der Waals surface area contributed by atoms with Gasteiger partial charge in [-0.25, -0.2) is 10.2 Å². The number of benzene rings is 2. The molecule has 2 aromatic rings. The second-order valence-electron chi connectivity index (χ2n) is 9.87. The monoisotopic (exact) mass is 551 g/mol. The maximum atomic E-state index is 12.1. The highest BCUT2D eigenvalue weighted by Gasteiger charge is 2.07. The van der Waals surface area contributed by atoms with Gasteiger partial charge < -0.3 is 14.8 Å². The standard InChI is InChI=1S/C32H45N3O5/c1-3-4-5-6-7-8-9-10-11-12-13-18-30(36)33-24-31(37)35-34-23-28-16-14-15-17-29(28)40-25-26-19-21-27(22-20-26)32(38)39-2/h14-17,19-23H,3-13,18,24-25H2,1-2H3,(H,33,36)(H,35,37)/b34-23+. The molecule has 0 radical (unpaired) electrons. The molecular weight excluding hydrogens is 506 g/mol. The van der Waals surface area contributed by atoms with Gasteiger partial charge in [-0.05, 0) is 36.2 Å². The molecule has 0 bridgehead atoms. The summed E-state index contributed by atoms with van der Waals surface area (Å²) in [4.78, 5) is 35.7. The molecule has 0 spiro atoms. The predicted molar refractivity (Wildman–Crippen MR) is 158 cm³/mol. The second-order valence-corrected chi connectivity index (χ2v) is 9.87. The minimum absolute atomic E-state index is 0.117. The van der Waals surface area contributed by atoms with E-state index in [1.54, 1.807) is 30.3 Å². The summed E-state index contributed by atoms with van der Waals surface area (Å²) in [6.45, 7) is 2.42. The van der Waals surface area contributed by atoms with E-state index in [9.17, 15) is 14.4 Å². The van der Waals surface area contributed by atoms with Gasteiger partial charge in [-0.3, -0.25) is 9.59 Å². The Hall–Kier alpha value is -3.68. The Morgan fingerprint density at radius 3 is 2.08 bits per heavy atom. The molecule has 2 rings (SSSR count). The molecular formula is C32H45N3O5. The van der Waals surface area contributed by atoms with Crippen molar-refractivity contribution in [3.8, 4) is 5.75 Å². The van der Waals surface area contributed by atoms with Crippen LogP contribution in [0.5, 0.6) is 5.75 Å². The lowest BCUT2D eigenvalue weighted by atomic mass is 10.1. The summed E-state index contributed by atoms with van der Waals surface area (Å²) in [6.07, 6.45) is 15.5. The van der Waals surface area contributed by atoms with Crippen molar-refractivity contribution in [3.63, 3.8) is 0 Å². The molecule has 0 heterocycles. The van der Waals surface area contributed by atoms with E-state index in [4.69, 9.17) is 9.47 Å². The van der Waals surface area contributed by atoms with E-state index >= 15 is 0 Å². The van der Waals surface area contributed by atoms with E-state index in [-0.39, 0.29) is 18.4 Å². The van der Waals surface area contributed by atoms with Gasteiger partial charge in [0, 0.05) is 12.0 Å². The van der Waals surface area contributed by atoms with Gasteiger partial charge in [0.05, 0.1) is 25.4 Å². The molecule has 0 aliphatic heterocycles. The predicted octanol–water partition coefficient (Wildman–Crippen LogP) is 6.32. The zero-order chi connectivity index (χ0) is 28.8. The fraction of sp³-hybridized carbons (Fsp3) is 0.500. The Balaban J connectivity index is 1.60. The third-order valence-corrected chi connectivity index (χ3v) is 6.53. The zero-order valence-electron chi connectivity index (χ0n) is 24.1. The molecule has 2 amide bonds. The van der Waals surface area contributed by atoms with Crippen molar-refractivity contribution in [1.29, 1.82) is 0 Å². The number of unbranched alkanes of at least 4 members (excludes halogenated alkanes) is 10. The molecule has 218 valence electrons. The highest BCUT2D eigenvalue weighted by Crippen LogP contribution is 2.18. The average Bonchev–Trinajstić information content (AvgIpc) is 2.98. The van der Waals surface area contributed by atoms with Crippen molar-refractivity contribution in [1.82, 2.24) is 10.7 Å². The first-order chi connectivity index (χ1) is 19.5. The van der Waals surface area contributed by atoms with Crippen LogP contribution in [0.1, 0.15) is 105 Å². The van der Waals surface area contributed by atoms with Crippen molar-refractivity contribution in [3.05, 3.63) is 65.2 Å². The van der Waals surface area contributed by atoms with Crippen molar-refractivity contribution < 1.29 is 23.9 Å². The number of methoxy groups -OCH3 is 1. The fourth-order valence-corrected chi connectivity index (χ4v) is 4.16. The van der Waals surface area contributed by atoms with Crippen LogP contribution in [0, 0.1) is 0 Å². The van der Waals surface area contributed by atoms with Crippen molar-refractivity contribution in [2.75, 3.05) is 13.7 Å². The summed E-state index contributed by atoms with van der Waals surface area (Å²) in [7, 11) is 1.34. The van der Waals surface area contributed by atoms with Crippen LogP contribution in [-0.2, 0) is 20.9 Å². The first kappa shape index (κ1) is 32.5. The summed E-state index contributed by atoms with van der Waals surface area (Å²) in [5.41, 5.74) is 4.49. The van der Waals surface area contributed by atoms with Gasteiger partial charge in [-0.1, -0.05) is 95.4 Å². The molecule has 0 aromatic heterocycles. The number of nitrogens with one attached hydrogen (secondary N) is 2. The van der Waals surface area contributed by atoms with Crippen LogP contribution in [0.15, 0.2) is 53.6 Å². The average molecular weight is 552 g/mol. The molecule has 0 unspecified atom stereocenters. The summed E-state index contributed by atoms with van der Waals surface area (Å²) in [6, 6.07) is 14.3. The van der Waals surface area contributed by atoms with E-state index in [0.717, 1.165) is 24.8 Å². The van der Waals surface area contributed by atoms with Crippen LogP contribution >= 0.6 is 0 Å². The minimum atomic E-state index is -0.396. The molecule has 0 aliphatic rings. The molecule has 0 fully saturated rings. The Morgan fingerprint density at radius 1 is 0.800 bits per heavy atom. The quantitative estimate of drug-likeness (QED) is 0.0867. The minimum Gasteiger partial charge on any atom is -0.488 e. The molecule has 8 nitrogen and oxygen atoms in total. The van der Waals surface area contributed by atoms with Crippen LogP contribution in [0.4, 0.5) is 0 Å². The number of ether oxygens (including phenoxy) is 2. The first-order valence-corrected chi connectivity index (χ1v) is 14.5.